The molecule has 1 atom stereocenters. The number of benzene rings is 1. The quantitative estimate of drug-likeness (QED) is 0.615. The maximum atomic E-state index is 5.70. The molecule has 1 rings (SSSR count). The third kappa shape index (κ3) is 6.15. The first-order valence-corrected chi connectivity index (χ1v) is 7.21. The fourth-order valence-corrected chi connectivity index (χ4v) is 1.93. The first-order chi connectivity index (χ1) is 8.76. The van der Waals surface area contributed by atoms with E-state index < -0.39 is 0 Å². The third-order valence-corrected chi connectivity index (χ3v) is 3.00. The molecule has 102 valence electrons. The molecule has 0 aliphatic heterocycles. The van der Waals surface area contributed by atoms with Crippen LogP contribution in [0.25, 0.3) is 0 Å². The highest BCUT2D eigenvalue weighted by Crippen LogP contribution is 2.18. The summed E-state index contributed by atoms with van der Waals surface area (Å²) in [5.41, 5.74) is 0. The van der Waals surface area contributed by atoms with Crippen LogP contribution in [0.5, 0.6) is 11.5 Å². The summed E-state index contributed by atoms with van der Waals surface area (Å²) in [6.45, 7) is 5.80. The Morgan fingerprint density at radius 3 is 2.06 bits per heavy atom. The van der Waals surface area contributed by atoms with Gasteiger partial charge in [-0.2, -0.15) is 0 Å². The van der Waals surface area contributed by atoms with Gasteiger partial charge in [0, 0.05) is 5.88 Å². The monoisotopic (exact) mass is 270 g/mol. The molecule has 0 heterocycles. The van der Waals surface area contributed by atoms with Gasteiger partial charge in [-0.1, -0.05) is 13.8 Å². The van der Waals surface area contributed by atoms with Crippen LogP contribution in [0.15, 0.2) is 24.3 Å². The molecule has 0 spiro atoms. The molecule has 2 nitrogen and oxygen atoms in total. The van der Waals surface area contributed by atoms with Crippen molar-refractivity contribution in [1.29, 1.82) is 0 Å². The van der Waals surface area contributed by atoms with Crippen LogP contribution in [0.2, 0.25) is 0 Å². The highest BCUT2D eigenvalue weighted by Gasteiger charge is 2.02. The van der Waals surface area contributed by atoms with Gasteiger partial charge in [-0.25, -0.2) is 0 Å². The molecule has 1 unspecified atom stereocenters. The molecule has 0 saturated carbocycles. The van der Waals surface area contributed by atoms with E-state index in [0.29, 0.717) is 5.92 Å². The standard InChI is InChI=1S/C15H23ClO2/c1-3-11-17-14-4-6-15(7-5-14)18-12-9-13(2)8-10-16/h4-7,13H,3,8-12H2,1-2H3. The Kier molecular flexibility index (Phi) is 7.66. The number of alkyl halides is 1. The summed E-state index contributed by atoms with van der Waals surface area (Å²) in [6.07, 6.45) is 3.12. The van der Waals surface area contributed by atoms with Crippen molar-refractivity contribution < 1.29 is 9.47 Å². The van der Waals surface area contributed by atoms with Crippen LogP contribution < -0.4 is 9.47 Å². The van der Waals surface area contributed by atoms with Gasteiger partial charge in [0.1, 0.15) is 11.5 Å². The molecule has 0 radical (unpaired) electrons. The summed E-state index contributed by atoms with van der Waals surface area (Å²) in [6, 6.07) is 7.81. The highest BCUT2D eigenvalue weighted by molar-refractivity contribution is 6.17. The normalized spacial score (nSPS) is 12.2. The Balaban J connectivity index is 2.26. The number of hydrogen-bond acceptors (Lipinski definition) is 2. The van der Waals surface area contributed by atoms with Crippen molar-refractivity contribution in [2.24, 2.45) is 5.92 Å². The van der Waals surface area contributed by atoms with Gasteiger partial charge < -0.3 is 9.47 Å². The van der Waals surface area contributed by atoms with Gasteiger partial charge >= 0.3 is 0 Å². The molecular weight excluding hydrogens is 248 g/mol. The van der Waals surface area contributed by atoms with Gasteiger partial charge in [-0.05, 0) is 49.4 Å². The average molecular weight is 271 g/mol. The lowest BCUT2D eigenvalue weighted by Crippen LogP contribution is -2.04. The zero-order valence-corrected chi connectivity index (χ0v) is 12.1. The van der Waals surface area contributed by atoms with E-state index in [-0.39, 0.29) is 0 Å². The van der Waals surface area contributed by atoms with Gasteiger partial charge in [0.25, 0.3) is 0 Å². The van der Waals surface area contributed by atoms with Crippen molar-refractivity contribution in [1.82, 2.24) is 0 Å². The summed E-state index contributed by atoms with van der Waals surface area (Å²) in [5.74, 6) is 3.15. The molecule has 0 amide bonds. The molecule has 0 aromatic heterocycles. The van der Waals surface area contributed by atoms with Gasteiger partial charge in [-0.3, -0.25) is 0 Å². The summed E-state index contributed by atoms with van der Waals surface area (Å²) < 4.78 is 11.2. The lowest BCUT2D eigenvalue weighted by atomic mass is 10.1. The number of rotatable bonds is 9. The molecule has 1 aromatic carbocycles. The van der Waals surface area contributed by atoms with E-state index >= 15 is 0 Å². The largest absolute Gasteiger partial charge is 0.494 e. The number of halogens is 1. The molecule has 1 aromatic rings. The van der Waals surface area contributed by atoms with Crippen LogP contribution in [-0.4, -0.2) is 19.1 Å². The summed E-state index contributed by atoms with van der Waals surface area (Å²) >= 11 is 5.70. The van der Waals surface area contributed by atoms with E-state index in [4.69, 9.17) is 21.1 Å². The Labute approximate surface area is 115 Å². The fraction of sp³-hybridized carbons (Fsp3) is 0.600. The van der Waals surface area contributed by atoms with E-state index in [2.05, 4.69) is 13.8 Å². The topological polar surface area (TPSA) is 18.5 Å². The minimum Gasteiger partial charge on any atom is -0.494 e. The van der Waals surface area contributed by atoms with E-state index in [1.165, 1.54) is 0 Å². The lowest BCUT2D eigenvalue weighted by molar-refractivity contribution is 0.280. The van der Waals surface area contributed by atoms with E-state index in [9.17, 15) is 0 Å². The average Bonchev–Trinajstić information content (AvgIpc) is 2.38. The van der Waals surface area contributed by atoms with Gasteiger partial charge in [0.05, 0.1) is 13.2 Å². The molecule has 18 heavy (non-hydrogen) atoms. The SMILES string of the molecule is CCCOc1ccc(OCCC(C)CCCl)cc1. The van der Waals surface area contributed by atoms with Crippen LogP contribution in [0, 0.1) is 5.92 Å². The Hall–Kier alpha value is -0.890. The Morgan fingerprint density at radius 1 is 1.00 bits per heavy atom. The van der Waals surface area contributed by atoms with Crippen molar-refractivity contribution in [2.45, 2.75) is 33.1 Å². The first kappa shape index (κ1) is 15.2. The Morgan fingerprint density at radius 2 is 1.56 bits per heavy atom. The van der Waals surface area contributed by atoms with Crippen molar-refractivity contribution in [2.75, 3.05) is 19.1 Å². The molecule has 0 aliphatic rings. The number of hydrogen-bond donors (Lipinski definition) is 0. The van der Waals surface area contributed by atoms with Crippen LogP contribution in [0.1, 0.15) is 33.1 Å². The maximum Gasteiger partial charge on any atom is 0.119 e. The number of ether oxygens (including phenoxy) is 2. The molecule has 0 aliphatic carbocycles. The van der Waals surface area contributed by atoms with Gasteiger partial charge in [0.15, 0.2) is 0 Å². The van der Waals surface area contributed by atoms with Crippen LogP contribution >= 0.6 is 11.6 Å². The maximum absolute atomic E-state index is 5.70. The second-order valence-corrected chi connectivity index (χ2v) is 4.92. The zero-order valence-electron chi connectivity index (χ0n) is 11.3. The lowest BCUT2D eigenvalue weighted by Gasteiger charge is -2.11. The van der Waals surface area contributed by atoms with Crippen molar-refractivity contribution in [3.63, 3.8) is 0 Å². The van der Waals surface area contributed by atoms with Crippen LogP contribution in [-0.2, 0) is 0 Å². The molecule has 0 bridgehead atoms. The zero-order chi connectivity index (χ0) is 13.2. The minimum absolute atomic E-state index is 0.620. The molecule has 0 N–H and O–H groups in total. The second kappa shape index (κ2) is 9.09. The molecular formula is C15H23ClO2. The predicted molar refractivity (Wildman–Crippen MR) is 76.8 cm³/mol. The summed E-state index contributed by atoms with van der Waals surface area (Å²) in [5, 5.41) is 0. The molecule has 0 fully saturated rings. The van der Waals surface area contributed by atoms with Crippen LogP contribution in [0.4, 0.5) is 0 Å². The van der Waals surface area contributed by atoms with Crippen LogP contribution in [0.3, 0.4) is 0 Å². The van der Waals surface area contributed by atoms with E-state index in [1.807, 2.05) is 24.3 Å². The first-order valence-electron chi connectivity index (χ1n) is 6.68. The third-order valence-electron chi connectivity index (χ3n) is 2.78. The fourth-order valence-electron chi connectivity index (χ4n) is 1.56. The molecule has 0 saturated heterocycles. The Bertz CT molecular complexity index is 311. The summed E-state index contributed by atoms with van der Waals surface area (Å²) in [4.78, 5) is 0. The van der Waals surface area contributed by atoms with Crippen molar-refractivity contribution in [3.05, 3.63) is 24.3 Å². The van der Waals surface area contributed by atoms with E-state index in [1.54, 1.807) is 0 Å². The smallest absolute Gasteiger partial charge is 0.119 e. The molecule has 3 heteroatoms. The van der Waals surface area contributed by atoms with Gasteiger partial charge in [-0.15, -0.1) is 11.6 Å². The van der Waals surface area contributed by atoms with Gasteiger partial charge in [0.2, 0.25) is 0 Å². The highest BCUT2D eigenvalue weighted by atomic mass is 35.5. The minimum atomic E-state index is 0.620. The second-order valence-electron chi connectivity index (χ2n) is 4.54. The van der Waals surface area contributed by atoms with Crippen molar-refractivity contribution >= 4 is 11.6 Å². The van der Waals surface area contributed by atoms with Crippen molar-refractivity contribution in [3.8, 4) is 11.5 Å². The van der Waals surface area contributed by atoms with E-state index in [0.717, 1.165) is 49.9 Å². The summed E-state index contributed by atoms with van der Waals surface area (Å²) in [7, 11) is 0. The predicted octanol–water partition coefficient (Wildman–Crippen LogP) is 4.51.